The van der Waals surface area contributed by atoms with E-state index in [9.17, 15) is 9.59 Å². The third kappa shape index (κ3) is 4.32. The molecule has 0 unspecified atom stereocenters. The summed E-state index contributed by atoms with van der Waals surface area (Å²) in [6.07, 6.45) is 1.36. The average Bonchev–Trinajstić information content (AvgIpc) is 2.89. The number of hydrogen-bond donors (Lipinski definition) is 2. The van der Waals surface area contributed by atoms with Crippen LogP contribution in [0.4, 0.5) is 5.82 Å². The zero-order valence-corrected chi connectivity index (χ0v) is 13.7. The summed E-state index contributed by atoms with van der Waals surface area (Å²) in [6.45, 7) is 3.94. The molecular formula is C16H18ClN3O3. The highest BCUT2D eigenvalue weighted by Gasteiger charge is 2.17. The molecule has 1 aromatic heterocycles. The Morgan fingerprint density at radius 1 is 1.26 bits per heavy atom. The fourth-order valence-electron chi connectivity index (χ4n) is 2.11. The summed E-state index contributed by atoms with van der Waals surface area (Å²) in [4.78, 5) is 27.0. The topological polar surface area (TPSA) is 84.2 Å². The Labute approximate surface area is 139 Å². The van der Waals surface area contributed by atoms with E-state index in [2.05, 4.69) is 10.3 Å². The van der Waals surface area contributed by atoms with Crippen molar-refractivity contribution in [3.63, 3.8) is 0 Å². The number of hydrogen-bond acceptors (Lipinski definition) is 3. The van der Waals surface area contributed by atoms with Gasteiger partial charge in [-0.1, -0.05) is 23.7 Å². The number of aliphatic carboxylic acids is 1. The molecule has 0 saturated heterocycles. The molecule has 2 rings (SSSR count). The van der Waals surface area contributed by atoms with Crippen LogP contribution in [-0.4, -0.2) is 26.5 Å². The molecule has 0 fully saturated rings. The molecule has 0 aliphatic rings. The number of benzene rings is 1. The Bertz CT molecular complexity index is 708. The number of carboxylic acid groups (broad SMARTS) is 1. The van der Waals surface area contributed by atoms with Gasteiger partial charge >= 0.3 is 5.97 Å². The van der Waals surface area contributed by atoms with Gasteiger partial charge in [0.2, 0.25) is 5.91 Å². The van der Waals surface area contributed by atoms with Gasteiger partial charge in [0.15, 0.2) is 0 Å². The minimum Gasteiger partial charge on any atom is -0.481 e. The number of amides is 1. The molecule has 0 aliphatic heterocycles. The number of imidazole rings is 1. The van der Waals surface area contributed by atoms with Crippen LogP contribution in [-0.2, 0) is 9.59 Å². The van der Waals surface area contributed by atoms with Crippen LogP contribution in [0.5, 0.6) is 0 Å². The molecule has 1 aromatic carbocycles. The van der Waals surface area contributed by atoms with Crippen LogP contribution >= 0.6 is 11.6 Å². The Morgan fingerprint density at radius 3 is 2.48 bits per heavy atom. The molecule has 1 amide bonds. The lowest BCUT2D eigenvalue weighted by atomic mass is 10.1. The largest absolute Gasteiger partial charge is 0.481 e. The van der Waals surface area contributed by atoms with E-state index in [1.54, 1.807) is 18.5 Å². The third-order valence-electron chi connectivity index (χ3n) is 3.29. The van der Waals surface area contributed by atoms with Gasteiger partial charge < -0.3 is 15.0 Å². The minimum atomic E-state index is -1.00. The van der Waals surface area contributed by atoms with E-state index < -0.39 is 5.97 Å². The van der Waals surface area contributed by atoms with Crippen molar-refractivity contribution in [3.8, 4) is 11.3 Å². The molecule has 23 heavy (non-hydrogen) atoms. The first kappa shape index (κ1) is 17.0. The van der Waals surface area contributed by atoms with Crippen LogP contribution in [0.1, 0.15) is 32.7 Å². The number of rotatable bonds is 6. The average molecular weight is 336 g/mol. The van der Waals surface area contributed by atoms with Gasteiger partial charge in [-0.05, 0) is 26.0 Å². The van der Waals surface area contributed by atoms with E-state index in [0.29, 0.717) is 16.5 Å². The van der Waals surface area contributed by atoms with Gasteiger partial charge in [0.05, 0.1) is 12.7 Å². The molecule has 0 saturated carbocycles. The van der Waals surface area contributed by atoms with Crippen molar-refractivity contribution in [1.29, 1.82) is 0 Å². The summed E-state index contributed by atoms with van der Waals surface area (Å²) in [7, 11) is 0. The normalized spacial score (nSPS) is 10.8. The van der Waals surface area contributed by atoms with Gasteiger partial charge in [0.25, 0.3) is 0 Å². The van der Waals surface area contributed by atoms with E-state index >= 15 is 0 Å². The minimum absolute atomic E-state index is 0.0847. The summed E-state index contributed by atoms with van der Waals surface area (Å²) < 4.78 is 1.84. The van der Waals surface area contributed by atoms with Gasteiger partial charge in [-0.2, -0.15) is 0 Å². The van der Waals surface area contributed by atoms with E-state index in [-0.39, 0.29) is 24.8 Å². The lowest BCUT2D eigenvalue weighted by Crippen LogP contribution is -2.17. The number of aromatic nitrogens is 2. The van der Waals surface area contributed by atoms with Crippen LogP contribution in [0.15, 0.2) is 30.6 Å². The van der Waals surface area contributed by atoms with Crippen molar-refractivity contribution in [2.24, 2.45) is 0 Å². The number of nitrogens with zero attached hydrogens (tertiary/aromatic N) is 2. The Kier molecular flexibility index (Phi) is 5.39. The number of anilines is 1. The fraction of sp³-hybridized carbons (Fsp3) is 0.312. The quantitative estimate of drug-likeness (QED) is 0.845. The summed E-state index contributed by atoms with van der Waals surface area (Å²) in [5, 5.41) is 12.1. The van der Waals surface area contributed by atoms with Crippen LogP contribution in [0.2, 0.25) is 5.02 Å². The lowest BCUT2D eigenvalue weighted by molar-refractivity contribution is -0.138. The second-order valence-electron chi connectivity index (χ2n) is 5.39. The summed E-state index contributed by atoms with van der Waals surface area (Å²) in [5.41, 5.74) is 1.45. The molecule has 0 aliphatic carbocycles. The first-order valence-corrected chi connectivity index (χ1v) is 7.60. The van der Waals surface area contributed by atoms with Crippen molar-refractivity contribution in [2.45, 2.75) is 32.7 Å². The molecule has 122 valence electrons. The third-order valence-corrected chi connectivity index (χ3v) is 3.54. The molecule has 6 nitrogen and oxygen atoms in total. The molecule has 0 spiro atoms. The zero-order chi connectivity index (χ0) is 17.0. The van der Waals surface area contributed by atoms with Crippen molar-refractivity contribution >= 4 is 29.3 Å². The van der Waals surface area contributed by atoms with Gasteiger partial charge in [0, 0.05) is 23.0 Å². The molecule has 2 N–H and O–H groups in total. The van der Waals surface area contributed by atoms with Gasteiger partial charge in [-0.15, -0.1) is 0 Å². The fourth-order valence-corrected chi connectivity index (χ4v) is 2.24. The maximum Gasteiger partial charge on any atom is 0.303 e. The lowest BCUT2D eigenvalue weighted by Gasteiger charge is -2.14. The molecule has 2 aromatic rings. The number of carboxylic acids is 1. The number of carbonyl (C=O) groups is 2. The SMILES string of the molecule is CC(C)n1cnc(-c2ccc(Cl)cc2)c1NC(=O)CCC(=O)O. The first-order chi connectivity index (χ1) is 10.9. The second kappa shape index (κ2) is 7.28. The summed E-state index contributed by atoms with van der Waals surface area (Å²) in [6, 6.07) is 7.24. The summed E-state index contributed by atoms with van der Waals surface area (Å²) >= 11 is 5.90. The van der Waals surface area contributed by atoms with Crippen LogP contribution < -0.4 is 5.32 Å². The molecule has 1 heterocycles. The second-order valence-corrected chi connectivity index (χ2v) is 5.83. The maximum atomic E-state index is 12.0. The first-order valence-electron chi connectivity index (χ1n) is 7.23. The molecule has 7 heteroatoms. The van der Waals surface area contributed by atoms with Crippen molar-refractivity contribution in [1.82, 2.24) is 9.55 Å². The highest BCUT2D eigenvalue weighted by Crippen LogP contribution is 2.30. The summed E-state index contributed by atoms with van der Waals surface area (Å²) in [5.74, 6) is -0.807. The predicted molar refractivity (Wildman–Crippen MR) is 88.6 cm³/mol. The Hall–Kier alpha value is -2.34. The Morgan fingerprint density at radius 2 is 1.91 bits per heavy atom. The van der Waals surface area contributed by atoms with Crippen molar-refractivity contribution in [2.75, 3.05) is 5.32 Å². The van der Waals surface area contributed by atoms with E-state index in [1.807, 2.05) is 30.5 Å². The number of halogens is 1. The van der Waals surface area contributed by atoms with E-state index in [1.165, 1.54) is 0 Å². The van der Waals surface area contributed by atoms with Crippen molar-refractivity contribution < 1.29 is 14.7 Å². The molecule has 0 radical (unpaired) electrons. The van der Waals surface area contributed by atoms with E-state index in [0.717, 1.165) is 5.56 Å². The van der Waals surface area contributed by atoms with Crippen molar-refractivity contribution in [3.05, 3.63) is 35.6 Å². The number of carbonyl (C=O) groups excluding carboxylic acids is 1. The molecule has 0 bridgehead atoms. The van der Waals surface area contributed by atoms with Crippen LogP contribution in [0.3, 0.4) is 0 Å². The Balaban J connectivity index is 2.31. The highest BCUT2D eigenvalue weighted by molar-refractivity contribution is 6.30. The van der Waals surface area contributed by atoms with E-state index in [4.69, 9.17) is 16.7 Å². The van der Waals surface area contributed by atoms with Gasteiger partial charge in [-0.25, -0.2) is 4.98 Å². The maximum absolute atomic E-state index is 12.0. The molecular weight excluding hydrogens is 318 g/mol. The molecule has 0 atom stereocenters. The standard InChI is InChI=1S/C16H18ClN3O3/c1-10(2)20-9-18-15(11-3-5-12(17)6-4-11)16(20)19-13(21)7-8-14(22)23/h3-6,9-10H,7-8H2,1-2H3,(H,19,21)(H,22,23). The predicted octanol–water partition coefficient (Wildman–Crippen LogP) is 3.59. The monoisotopic (exact) mass is 335 g/mol. The highest BCUT2D eigenvalue weighted by atomic mass is 35.5. The van der Waals surface area contributed by atoms with Crippen LogP contribution in [0.25, 0.3) is 11.3 Å². The number of nitrogens with one attached hydrogen (secondary N) is 1. The van der Waals surface area contributed by atoms with Gasteiger partial charge in [-0.3, -0.25) is 9.59 Å². The van der Waals surface area contributed by atoms with Gasteiger partial charge in [0.1, 0.15) is 11.5 Å². The van der Waals surface area contributed by atoms with Crippen LogP contribution in [0, 0.1) is 0 Å². The smallest absolute Gasteiger partial charge is 0.303 e. The zero-order valence-electron chi connectivity index (χ0n) is 12.9.